The summed E-state index contributed by atoms with van der Waals surface area (Å²) in [4.78, 5) is 26.6. The second-order valence-corrected chi connectivity index (χ2v) is 9.51. The van der Waals surface area contributed by atoms with Crippen molar-refractivity contribution in [2.24, 2.45) is 17.3 Å². The summed E-state index contributed by atoms with van der Waals surface area (Å²) < 4.78 is 5.50. The maximum Gasteiger partial charge on any atom is 0.312 e. The first-order chi connectivity index (χ1) is 12.4. The van der Waals surface area contributed by atoms with Crippen LogP contribution in [0.4, 0.5) is 0 Å². The number of hydrogen-bond donors (Lipinski definition) is 0. The Labute approximate surface area is 159 Å². The number of likely N-dealkylation sites (N-methyl/N-ethyl adjacent to an activating group) is 1. The highest BCUT2D eigenvalue weighted by molar-refractivity contribution is 6.24. The first-order valence-corrected chi connectivity index (χ1v) is 9.89. The van der Waals surface area contributed by atoms with Crippen molar-refractivity contribution in [3.8, 4) is 0 Å². The number of halogens is 1. The number of rotatable bonds is 5. The van der Waals surface area contributed by atoms with Crippen LogP contribution in [0.15, 0.2) is 30.3 Å². The van der Waals surface area contributed by atoms with Crippen LogP contribution in [0.2, 0.25) is 0 Å². The van der Waals surface area contributed by atoms with Gasteiger partial charge in [-0.1, -0.05) is 30.3 Å². The van der Waals surface area contributed by atoms with Gasteiger partial charge in [0.1, 0.15) is 0 Å². The quantitative estimate of drug-likeness (QED) is 0.581. The zero-order valence-corrected chi connectivity index (χ0v) is 16.0. The smallest absolute Gasteiger partial charge is 0.312 e. The van der Waals surface area contributed by atoms with Crippen molar-refractivity contribution in [3.63, 3.8) is 0 Å². The fourth-order valence-corrected chi connectivity index (χ4v) is 6.42. The molecule has 5 heteroatoms. The zero-order chi connectivity index (χ0) is 18.4. The van der Waals surface area contributed by atoms with Crippen LogP contribution in [-0.4, -0.2) is 35.3 Å². The van der Waals surface area contributed by atoms with E-state index < -0.39 is 5.41 Å². The summed E-state index contributed by atoms with van der Waals surface area (Å²) >= 11 is 6.79. The highest BCUT2D eigenvalue weighted by Gasteiger charge is 2.60. The van der Waals surface area contributed by atoms with Gasteiger partial charge in [-0.2, -0.15) is 0 Å². The molecule has 1 amide bonds. The van der Waals surface area contributed by atoms with Crippen LogP contribution in [0, 0.1) is 17.3 Å². The molecule has 4 atom stereocenters. The van der Waals surface area contributed by atoms with Crippen LogP contribution >= 0.6 is 11.6 Å². The summed E-state index contributed by atoms with van der Waals surface area (Å²) in [6.45, 7) is 0.325. The molecule has 1 aromatic rings. The van der Waals surface area contributed by atoms with Gasteiger partial charge in [-0.3, -0.25) is 9.59 Å². The molecule has 5 rings (SSSR count). The van der Waals surface area contributed by atoms with Gasteiger partial charge in [-0.05, 0) is 55.9 Å². The molecule has 0 aromatic heterocycles. The summed E-state index contributed by atoms with van der Waals surface area (Å²) in [5.74, 6) is 0.695. The Kier molecular flexibility index (Phi) is 4.50. The Bertz CT molecular complexity index is 690. The molecule has 0 heterocycles. The minimum Gasteiger partial charge on any atom is -0.455 e. The van der Waals surface area contributed by atoms with Crippen molar-refractivity contribution in [3.05, 3.63) is 35.9 Å². The summed E-state index contributed by atoms with van der Waals surface area (Å²) in [5, 5.41) is 0. The summed E-state index contributed by atoms with van der Waals surface area (Å²) in [7, 11) is 1.74. The highest BCUT2D eigenvalue weighted by Crippen LogP contribution is 2.64. The fourth-order valence-electron chi connectivity index (χ4n) is 5.73. The predicted octanol–water partition coefficient (Wildman–Crippen LogP) is 3.77. The number of ether oxygens (including phenoxy) is 1. The molecule has 0 N–H and O–H groups in total. The van der Waals surface area contributed by atoms with Gasteiger partial charge >= 0.3 is 5.97 Å². The second-order valence-electron chi connectivity index (χ2n) is 8.70. The number of alkyl halides is 1. The molecule has 4 fully saturated rings. The van der Waals surface area contributed by atoms with E-state index in [1.165, 1.54) is 6.42 Å². The number of amides is 1. The zero-order valence-electron chi connectivity index (χ0n) is 15.2. The SMILES string of the molecule is CN(Cc1ccccc1)C(=O)COC(=O)C12C[C@@H]3C[C@@H](CC(Cl)(C3)C1)C2. The maximum atomic E-state index is 12.9. The van der Waals surface area contributed by atoms with Gasteiger partial charge in [0, 0.05) is 18.5 Å². The summed E-state index contributed by atoms with van der Waals surface area (Å²) in [6, 6.07) is 9.80. The first kappa shape index (κ1) is 17.8. The van der Waals surface area contributed by atoms with Crippen LogP contribution in [-0.2, 0) is 20.9 Å². The number of benzene rings is 1. The molecule has 26 heavy (non-hydrogen) atoms. The molecule has 2 unspecified atom stereocenters. The van der Waals surface area contributed by atoms with E-state index in [2.05, 4.69) is 0 Å². The molecule has 4 bridgehead atoms. The lowest BCUT2D eigenvalue weighted by atomic mass is 9.49. The Morgan fingerprint density at radius 3 is 2.42 bits per heavy atom. The first-order valence-electron chi connectivity index (χ1n) is 9.52. The van der Waals surface area contributed by atoms with Crippen LogP contribution in [0.25, 0.3) is 0 Å². The average Bonchev–Trinajstić information content (AvgIpc) is 2.58. The standard InChI is InChI=1S/C21H26ClNO3/c1-23(12-15-5-3-2-4-6-15)18(24)13-26-19(25)20-8-16-7-17(9-20)11-21(22,10-16)14-20/h2-6,16-17H,7-14H2,1H3/t16-,17+,20?,21?. The van der Waals surface area contributed by atoms with Gasteiger partial charge in [0.2, 0.25) is 0 Å². The lowest BCUT2D eigenvalue weighted by molar-refractivity contribution is -0.173. The normalized spacial score (nSPS) is 34.5. The topological polar surface area (TPSA) is 46.6 Å². The van der Waals surface area contributed by atoms with Gasteiger partial charge < -0.3 is 9.64 Å². The summed E-state index contributed by atoms with van der Waals surface area (Å²) in [6.07, 6.45) is 5.72. The second kappa shape index (κ2) is 6.56. The van der Waals surface area contributed by atoms with E-state index in [0.29, 0.717) is 24.8 Å². The third-order valence-corrected chi connectivity index (χ3v) is 6.88. The lowest BCUT2D eigenvalue weighted by Gasteiger charge is -2.58. The van der Waals surface area contributed by atoms with E-state index in [4.69, 9.17) is 16.3 Å². The fraction of sp³-hybridized carbons (Fsp3) is 0.619. The highest BCUT2D eigenvalue weighted by atomic mass is 35.5. The Hall–Kier alpha value is -1.55. The third-order valence-electron chi connectivity index (χ3n) is 6.44. The average molecular weight is 376 g/mol. The molecule has 140 valence electrons. The van der Waals surface area contributed by atoms with Crippen LogP contribution in [0.3, 0.4) is 0 Å². The van der Waals surface area contributed by atoms with E-state index in [-0.39, 0.29) is 23.4 Å². The van der Waals surface area contributed by atoms with Gasteiger partial charge in [-0.25, -0.2) is 0 Å². The van der Waals surface area contributed by atoms with Gasteiger partial charge in [0.05, 0.1) is 5.41 Å². The number of hydrogen-bond acceptors (Lipinski definition) is 3. The van der Waals surface area contributed by atoms with E-state index in [9.17, 15) is 9.59 Å². The Morgan fingerprint density at radius 1 is 1.15 bits per heavy atom. The third kappa shape index (κ3) is 3.36. The Morgan fingerprint density at radius 2 is 1.81 bits per heavy atom. The van der Waals surface area contributed by atoms with Crippen molar-refractivity contribution in [2.45, 2.75) is 49.9 Å². The minimum absolute atomic E-state index is 0.174. The molecule has 4 aliphatic rings. The van der Waals surface area contributed by atoms with E-state index >= 15 is 0 Å². The van der Waals surface area contributed by atoms with Crippen LogP contribution in [0.5, 0.6) is 0 Å². The maximum absolute atomic E-state index is 12.9. The molecule has 0 aliphatic heterocycles. The van der Waals surface area contributed by atoms with Crippen LogP contribution in [0.1, 0.15) is 44.1 Å². The van der Waals surface area contributed by atoms with Crippen molar-refractivity contribution in [1.82, 2.24) is 4.90 Å². The molecule has 0 saturated heterocycles. The van der Waals surface area contributed by atoms with Crippen molar-refractivity contribution >= 4 is 23.5 Å². The van der Waals surface area contributed by atoms with E-state index in [1.807, 2.05) is 30.3 Å². The lowest BCUT2D eigenvalue weighted by Crippen LogP contribution is -2.56. The predicted molar refractivity (Wildman–Crippen MR) is 99.6 cm³/mol. The number of nitrogens with zero attached hydrogens (tertiary/aromatic N) is 1. The van der Waals surface area contributed by atoms with Crippen LogP contribution < -0.4 is 0 Å². The van der Waals surface area contributed by atoms with Gasteiger partial charge in [-0.15, -0.1) is 11.6 Å². The molecule has 4 aliphatic carbocycles. The molecule has 0 spiro atoms. The number of carbonyl (C=O) groups excluding carboxylic acids is 2. The van der Waals surface area contributed by atoms with Crippen molar-refractivity contribution in [1.29, 1.82) is 0 Å². The Balaban J connectivity index is 1.34. The molecule has 1 aromatic carbocycles. The number of carbonyl (C=O) groups is 2. The monoisotopic (exact) mass is 375 g/mol. The van der Waals surface area contributed by atoms with Gasteiger partial charge in [0.25, 0.3) is 5.91 Å². The molecule has 0 radical (unpaired) electrons. The number of esters is 1. The van der Waals surface area contributed by atoms with Gasteiger partial charge in [0.15, 0.2) is 6.61 Å². The molecular formula is C21H26ClNO3. The molecule has 4 nitrogen and oxygen atoms in total. The van der Waals surface area contributed by atoms with E-state index in [0.717, 1.165) is 31.2 Å². The summed E-state index contributed by atoms with van der Waals surface area (Å²) in [5.41, 5.74) is 0.601. The molecule has 4 saturated carbocycles. The van der Waals surface area contributed by atoms with E-state index in [1.54, 1.807) is 11.9 Å². The van der Waals surface area contributed by atoms with Crippen molar-refractivity contribution < 1.29 is 14.3 Å². The molecular weight excluding hydrogens is 350 g/mol. The largest absolute Gasteiger partial charge is 0.455 e. The minimum atomic E-state index is -0.454. The van der Waals surface area contributed by atoms with Crippen molar-refractivity contribution in [2.75, 3.05) is 13.7 Å².